The van der Waals surface area contributed by atoms with Gasteiger partial charge in [-0.1, -0.05) is 39.0 Å². The summed E-state index contributed by atoms with van der Waals surface area (Å²) in [5.74, 6) is 0. The Balaban J connectivity index is 2.13. The van der Waals surface area contributed by atoms with Crippen LogP contribution in [0.15, 0.2) is 53.6 Å². The smallest absolute Gasteiger partial charge is 0.240 e. The predicted molar refractivity (Wildman–Crippen MR) is 83.4 cm³/mol. The highest BCUT2D eigenvalue weighted by Gasteiger charge is 2.17. The number of nitrogens with zero attached hydrogens (tertiary/aromatic N) is 1. The van der Waals surface area contributed by atoms with E-state index in [4.69, 9.17) is 0 Å². The first-order valence-corrected chi connectivity index (χ1v) is 8.27. The largest absolute Gasteiger partial charge is 0.260 e. The van der Waals surface area contributed by atoms with Crippen molar-refractivity contribution in [2.45, 2.75) is 37.6 Å². The minimum Gasteiger partial charge on any atom is -0.260 e. The van der Waals surface area contributed by atoms with Crippen LogP contribution in [-0.4, -0.2) is 13.4 Å². The number of sulfonamides is 1. The molecule has 0 amide bonds. The third kappa shape index (κ3) is 4.12. The van der Waals surface area contributed by atoms with E-state index < -0.39 is 10.0 Å². The lowest BCUT2D eigenvalue weighted by atomic mass is 9.87. The van der Waals surface area contributed by atoms with Crippen LogP contribution in [-0.2, 0) is 22.0 Å². The molecule has 0 radical (unpaired) electrons. The van der Waals surface area contributed by atoms with E-state index in [2.05, 4.69) is 30.5 Å². The average Bonchev–Trinajstić information content (AvgIpc) is 2.46. The molecule has 0 aliphatic heterocycles. The van der Waals surface area contributed by atoms with Gasteiger partial charge in [0.25, 0.3) is 0 Å². The standard InChI is InChI=1S/C16H20N2O2S/c1-16(2,3)13-7-9-15(10-8-13)21(19,20)18-12-14-6-4-5-11-17-14/h4-11,18H,12H2,1-3H3. The predicted octanol–water partition coefficient (Wildman–Crippen LogP) is 2.86. The van der Waals surface area contributed by atoms with Gasteiger partial charge in [-0.25, -0.2) is 13.1 Å². The van der Waals surface area contributed by atoms with Gasteiger partial charge >= 0.3 is 0 Å². The highest BCUT2D eigenvalue weighted by molar-refractivity contribution is 7.89. The Morgan fingerprint density at radius 1 is 1.05 bits per heavy atom. The SMILES string of the molecule is CC(C)(C)c1ccc(S(=O)(=O)NCc2ccccn2)cc1. The van der Waals surface area contributed by atoms with Crippen molar-refractivity contribution in [3.8, 4) is 0 Å². The molecule has 2 aromatic rings. The summed E-state index contributed by atoms with van der Waals surface area (Å²) in [5.41, 5.74) is 1.79. The maximum absolute atomic E-state index is 12.2. The van der Waals surface area contributed by atoms with Crippen molar-refractivity contribution in [1.29, 1.82) is 0 Å². The Labute approximate surface area is 126 Å². The third-order valence-corrected chi connectivity index (χ3v) is 4.62. The second kappa shape index (κ2) is 5.95. The van der Waals surface area contributed by atoms with Gasteiger partial charge in [0.05, 0.1) is 17.1 Å². The molecule has 1 heterocycles. The second-order valence-corrected chi connectivity index (χ2v) is 7.69. The van der Waals surface area contributed by atoms with Crippen LogP contribution in [0, 0.1) is 0 Å². The number of benzene rings is 1. The summed E-state index contributed by atoms with van der Waals surface area (Å²) < 4.78 is 27.0. The maximum Gasteiger partial charge on any atom is 0.240 e. The van der Waals surface area contributed by atoms with Crippen molar-refractivity contribution >= 4 is 10.0 Å². The minimum absolute atomic E-state index is 0.00365. The van der Waals surface area contributed by atoms with Crippen molar-refractivity contribution in [2.24, 2.45) is 0 Å². The van der Waals surface area contributed by atoms with Gasteiger partial charge in [0.2, 0.25) is 10.0 Å². The van der Waals surface area contributed by atoms with Crippen LogP contribution >= 0.6 is 0 Å². The molecule has 4 nitrogen and oxygen atoms in total. The van der Waals surface area contributed by atoms with Crippen molar-refractivity contribution < 1.29 is 8.42 Å². The molecule has 112 valence electrons. The van der Waals surface area contributed by atoms with E-state index in [0.29, 0.717) is 5.69 Å². The molecule has 5 heteroatoms. The van der Waals surface area contributed by atoms with Crippen LogP contribution in [0.4, 0.5) is 0 Å². The molecule has 21 heavy (non-hydrogen) atoms. The molecule has 0 unspecified atom stereocenters. The Bertz CT molecular complexity index is 687. The van der Waals surface area contributed by atoms with E-state index in [1.54, 1.807) is 30.5 Å². The quantitative estimate of drug-likeness (QED) is 0.945. The molecular formula is C16H20N2O2S. The van der Waals surface area contributed by atoms with Gasteiger partial charge in [-0.05, 0) is 35.2 Å². The minimum atomic E-state index is -3.51. The molecule has 1 aromatic carbocycles. The summed E-state index contributed by atoms with van der Waals surface area (Å²) in [7, 11) is -3.51. The van der Waals surface area contributed by atoms with E-state index >= 15 is 0 Å². The fourth-order valence-electron chi connectivity index (χ4n) is 1.89. The van der Waals surface area contributed by atoms with Gasteiger partial charge in [0.15, 0.2) is 0 Å². The maximum atomic E-state index is 12.2. The van der Waals surface area contributed by atoms with Crippen LogP contribution in [0.3, 0.4) is 0 Å². The molecule has 1 N–H and O–H groups in total. The molecular weight excluding hydrogens is 284 g/mol. The summed E-state index contributed by atoms with van der Waals surface area (Å²) in [6.07, 6.45) is 1.64. The monoisotopic (exact) mass is 304 g/mol. The van der Waals surface area contributed by atoms with E-state index in [1.165, 1.54) is 0 Å². The van der Waals surface area contributed by atoms with E-state index in [1.807, 2.05) is 18.2 Å². The lowest BCUT2D eigenvalue weighted by Crippen LogP contribution is -2.24. The number of aromatic nitrogens is 1. The van der Waals surface area contributed by atoms with Crippen LogP contribution in [0.2, 0.25) is 0 Å². The lowest BCUT2D eigenvalue weighted by molar-refractivity contribution is 0.577. The number of rotatable bonds is 4. The molecule has 2 rings (SSSR count). The fourth-order valence-corrected chi connectivity index (χ4v) is 2.89. The molecule has 1 aromatic heterocycles. The number of nitrogens with one attached hydrogen (secondary N) is 1. The van der Waals surface area contributed by atoms with Gasteiger partial charge in [-0.3, -0.25) is 4.98 Å². The van der Waals surface area contributed by atoms with Crippen molar-refractivity contribution in [2.75, 3.05) is 0 Å². The highest BCUT2D eigenvalue weighted by Crippen LogP contribution is 2.23. The van der Waals surface area contributed by atoms with Gasteiger partial charge in [0.1, 0.15) is 0 Å². The molecule has 0 bridgehead atoms. The van der Waals surface area contributed by atoms with Crippen LogP contribution in [0.5, 0.6) is 0 Å². The van der Waals surface area contributed by atoms with E-state index in [0.717, 1.165) is 5.56 Å². The average molecular weight is 304 g/mol. The molecule has 0 saturated heterocycles. The van der Waals surface area contributed by atoms with Gasteiger partial charge < -0.3 is 0 Å². The van der Waals surface area contributed by atoms with E-state index in [-0.39, 0.29) is 16.9 Å². The van der Waals surface area contributed by atoms with Crippen molar-refractivity contribution in [1.82, 2.24) is 9.71 Å². The van der Waals surface area contributed by atoms with E-state index in [9.17, 15) is 8.42 Å². The Hall–Kier alpha value is -1.72. The Kier molecular flexibility index (Phi) is 4.44. The van der Waals surface area contributed by atoms with Gasteiger partial charge in [0, 0.05) is 6.20 Å². The molecule has 0 saturated carbocycles. The van der Waals surface area contributed by atoms with Crippen molar-refractivity contribution in [3.63, 3.8) is 0 Å². The number of pyridine rings is 1. The normalized spacial score (nSPS) is 12.3. The summed E-state index contributed by atoms with van der Waals surface area (Å²) in [5, 5.41) is 0. The first-order chi connectivity index (χ1) is 9.79. The Morgan fingerprint density at radius 2 is 1.71 bits per heavy atom. The summed E-state index contributed by atoms with van der Waals surface area (Å²) in [4.78, 5) is 4.36. The topological polar surface area (TPSA) is 59.1 Å². The zero-order chi connectivity index (χ0) is 15.5. The van der Waals surface area contributed by atoms with Gasteiger partial charge in [-0.2, -0.15) is 0 Å². The second-order valence-electron chi connectivity index (χ2n) is 5.92. The molecule has 0 spiro atoms. The third-order valence-electron chi connectivity index (χ3n) is 3.20. The molecule has 0 fully saturated rings. The fraction of sp³-hybridized carbons (Fsp3) is 0.312. The van der Waals surface area contributed by atoms with Crippen LogP contribution in [0.25, 0.3) is 0 Å². The molecule has 0 atom stereocenters. The van der Waals surface area contributed by atoms with Crippen LogP contribution < -0.4 is 4.72 Å². The highest BCUT2D eigenvalue weighted by atomic mass is 32.2. The summed E-state index contributed by atoms with van der Waals surface area (Å²) in [6.45, 7) is 6.46. The van der Waals surface area contributed by atoms with Gasteiger partial charge in [-0.15, -0.1) is 0 Å². The first-order valence-electron chi connectivity index (χ1n) is 6.79. The zero-order valence-electron chi connectivity index (χ0n) is 12.5. The first kappa shape index (κ1) is 15.7. The molecule has 0 aliphatic carbocycles. The number of hydrogen-bond donors (Lipinski definition) is 1. The van der Waals surface area contributed by atoms with Crippen LogP contribution in [0.1, 0.15) is 32.0 Å². The number of hydrogen-bond acceptors (Lipinski definition) is 3. The van der Waals surface area contributed by atoms with Crippen molar-refractivity contribution in [3.05, 3.63) is 59.9 Å². The lowest BCUT2D eigenvalue weighted by Gasteiger charge is -2.19. The Morgan fingerprint density at radius 3 is 2.24 bits per heavy atom. The summed E-state index contributed by atoms with van der Waals surface area (Å²) in [6, 6.07) is 12.4. The molecule has 0 aliphatic rings. The summed E-state index contributed by atoms with van der Waals surface area (Å²) >= 11 is 0. The zero-order valence-corrected chi connectivity index (χ0v) is 13.3.